The Hall–Kier alpha value is -1.55. The zero-order chi connectivity index (χ0) is 12.7. The molecule has 0 bridgehead atoms. The summed E-state index contributed by atoms with van der Waals surface area (Å²) in [6.45, 7) is 5.17. The molecule has 0 aliphatic heterocycles. The van der Waals surface area contributed by atoms with E-state index in [1.165, 1.54) is 7.11 Å². The van der Waals surface area contributed by atoms with Gasteiger partial charge in [0.1, 0.15) is 11.8 Å². The van der Waals surface area contributed by atoms with Crippen LogP contribution in [0, 0.1) is 0 Å². The van der Waals surface area contributed by atoms with E-state index in [1.54, 1.807) is 0 Å². The van der Waals surface area contributed by atoms with Crippen molar-refractivity contribution < 1.29 is 14.3 Å². The highest BCUT2D eigenvalue weighted by Gasteiger charge is 2.20. The minimum Gasteiger partial charge on any atom is -0.494 e. The Kier molecular flexibility index (Phi) is 5.49. The van der Waals surface area contributed by atoms with E-state index in [0.29, 0.717) is 13.2 Å². The van der Waals surface area contributed by atoms with Crippen LogP contribution in [0.3, 0.4) is 0 Å². The van der Waals surface area contributed by atoms with Gasteiger partial charge < -0.3 is 14.8 Å². The highest BCUT2D eigenvalue weighted by Crippen LogP contribution is 2.20. The average Bonchev–Trinajstić information content (AvgIpc) is 2.36. The number of rotatable bonds is 6. The Morgan fingerprint density at radius 3 is 2.76 bits per heavy atom. The standard InChI is InChI=1S/C13H19NO3/c1-4-14-12(13(15)16-3)10-7-6-8-11(9-10)17-5-2/h6-9,12,14H,4-5H2,1-3H3. The molecule has 4 heteroatoms. The molecule has 0 aromatic heterocycles. The zero-order valence-corrected chi connectivity index (χ0v) is 10.5. The number of benzene rings is 1. The molecule has 0 saturated heterocycles. The van der Waals surface area contributed by atoms with Crippen LogP contribution in [0.4, 0.5) is 0 Å². The molecule has 0 radical (unpaired) electrons. The molecular weight excluding hydrogens is 218 g/mol. The highest BCUT2D eigenvalue weighted by atomic mass is 16.5. The first-order chi connectivity index (χ1) is 8.22. The monoisotopic (exact) mass is 237 g/mol. The molecular formula is C13H19NO3. The zero-order valence-electron chi connectivity index (χ0n) is 10.5. The predicted octanol–water partition coefficient (Wildman–Crippen LogP) is 1.91. The molecule has 0 heterocycles. The minimum absolute atomic E-state index is 0.291. The fourth-order valence-corrected chi connectivity index (χ4v) is 1.61. The fourth-order valence-electron chi connectivity index (χ4n) is 1.61. The van der Waals surface area contributed by atoms with E-state index in [0.717, 1.165) is 11.3 Å². The number of hydrogen-bond donors (Lipinski definition) is 1. The van der Waals surface area contributed by atoms with Crippen molar-refractivity contribution >= 4 is 5.97 Å². The normalized spacial score (nSPS) is 11.9. The first kappa shape index (κ1) is 13.5. The Bertz CT molecular complexity index is 365. The second-order valence-electron chi connectivity index (χ2n) is 3.52. The number of nitrogens with one attached hydrogen (secondary N) is 1. The topological polar surface area (TPSA) is 47.6 Å². The van der Waals surface area contributed by atoms with Crippen LogP contribution in [0.15, 0.2) is 24.3 Å². The number of hydrogen-bond acceptors (Lipinski definition) is 4. The van der Waals surface area contributed by atoms with Gasteiger partial charge in [-0.2, -0.15) is 0 Å². The van der Waals surface area contributed by atoms with Crippen LogP contribution in [0.2, 0.25) is 0 Å². The largest absolute Gasteiger partial charge is 0.494 e. The average molecular weight is 237 g/mol. The first-order valence-corrected chi connectivity index (χ1v) is 5.76. The van der Waals surface area contributed by atoms with Crippen LogP contribution in [0.5, 0.6) is 5.75 Å². The molecule has 1 rings (SSSR count). The summed E-state index contributed by atoms with van der Waals surface area (Å²) in [7, 11) is 1.39. The number of likely N-dealkylation sites (N-methyl/N-ethyl adjacent to an activating group) is 1. The van der Waals surface area contributed by atoms with Gasteiger partial charge in [0.25, 0.3) is 0 Å². The van der Waals surface area contributed by atoms with Gasteiger partial charge in [-0.3, -0.25) is 0 Å². The summed E-state index contributed by atoms with van der Waals surface area (Å²) in [5.74, 6) is 0.470. The molecule has 0 fully saturated rings. The lowest BCUT2D eigenvalue weighted by atomic mass is 10.1. The fraction of sp³-hybridized carbons (Fsp3) is 0.462. The van der Waals surface area contributed by atoms with Gasteiger partial charge in [0.05, 0.1) is 13.7 Å². The van der Waals surface area contributed by atoms with Gasteiger partial charge in [0.2, 0.25) is 0 Å². The lowest BCUT2D eigenvalue weighted by Crippen LogP contribution is -2.29. The highest BCUT2D eigenvalue weighted by molar-refractivity contribution is 5.77. The predicted molar refractivity (Wildman–Crippen MR) is 66.0 cm³/mol. The summed E-state index contributed by atoms with van der Waals surface area (Å²) in [6.07, 6.45) is 0. The van der Waals surface area contributed by atoms with E-state index in [-0.39, 0.29) is 5.97 Å². The van der Waals surface area contributed by atoms with Crippen molar-refractivity contribution in [1.82, 2.24) is 5.32 Å². The molecule has 1 unspecified atom stereocenters. The Morgan fingerprint density at radius 2 is 2.18 bits per heavy atom. The molecule has 0 aliphatic carbocycles. The third-order valence-corrected chi connectivity index (χ3v) is 2.35. The van der Waals surface area contributed by atoms with Gasteiger partial charge in [-0.05, 0) is 31.2 Å². The number of methoxy groups -OCH3 is 1. The number of esters is 1. The molecule has 0 amide bonds. The number of carbonyl (C=O) groups is 1. The van der Waals surface area contributed by atoms with Gasteiger partial charge in [-0.15, -0.1) is 0 Å². The van der Waals surface area contributed by atoms with Crippen LogP contribution in [0.25, 0.3) is 0 Å². The van der Waals surface area contributed by atoms with Crippen molar-refractivity contribution in [2.45, 2.75) is 19.9 Å². The Balaban J connectivity index is 2.92. The van der Waals surface area contributed by atoms with Crippen LogP contribution < -0.4 is 10.1 Å². The van der Waals surface area contributed by atoms with Crippen LogP contribution in [-0.4, -0.2) is 26.2 Å². The van der Waals surface area contributed by atoms with Gasteiger partial charge >= 0.3 is 5.97 Å². The molecule has 1 atom stereocenters. The molecule has 1 aromatic carbocycles. The molecule has 0 spiro atoms. The van der Waals surface area contributed by atoms with Crippen molar-refractivity contribution in [1.29, 1.82) is 0 Å². The van der Waals surface area contributed by atoms with Crippen LogP contribution >= 0.6 is 0 Å². The van der Waals surface area contributed by atoms with Gasteiger partial charge in [0, 0.05) is 0 Å². The van der Waals surface area contributed by atoms with Crippen molar-refractivity contribution in [3.63, 3.8) is 0 Å². The van der Waals surface area contributed by atoms with Gasteiger partial charge in [0.15, 0.2) is 0 Å². The molecule has 0 saturated carbocycles. The first-order valence-electron chi connectivity index (χ1n) is 5.76. The molecule has 1 aromatic rings. The SMILES string of the molecule is CCNC(C(=O)OC)c1cccc(OCC)c1. The van der Waals surface area contributed by atoms with E-state index >= 15 is 0 Å². The maximum absolute atomic E-state index is 11.6. The summed E-state index contributed by atoms with van der Waals surface area (Å²) in [4.78, 5) is 11.6. The van der Waals surface area contributed by atoms with Crippen molar-refractivity contribution in [3.8, 4) is 5.75 Å². The Morgan fingerprint density at radius 1 is 1.41 bits per heavy atom. The smallest absolute Gasteiger partial charge is 0.327 e. The molecule has 1 N–H and O–H groups in total. The minimum atomic E-state index is -0.439. The third-order valence-electron chi connectivity index (χ3n) is 2.35. The molecule has 0 aliphatic rings. The summed E-state index contributed by atoms with van der Waals surface area (Å²) >= 11 is 0. The third kappa shape index (κ3) is 3.75. The quantitative estimate of drug-likeness (QED) is 0.768. The van der Waals surface area contributed by atoms with Crippen molar-refractivity contribution in [2.75, 3.05) is 20.3 Å². The molecule has 94 valence electrons. The van der Waals surface area contributed by atoms with Crippen molar-refractivity contribution in [2.24, 2.45) is 0 Å². The van der Waals surface area contributed by atoms with Crippen LogP contribution in [0.1, 0.15) is 25.5 Å². The van der Waals surface area contributed by atoms with E-state index < -0.39 is 6.04 Å². The van der Waals surface area contributed by atoms with Crippen LogP contribution in [-0.2, 0) is 9.53 Å². The lowest BCUT2D eigenvalue weighted by molar-refractivity contribution is -0.143. The van der Waals surface area contributed by atoms with Crippen molar-refractivity contribution in [3.05, 3.63) is 29.8 Å². The summed E-state index contributed by atoms with van der Waals surface area (Å²) in [5, 5.41) is 3.09. The summed E-state index contributed by atoms with van der Waals surface area (Å²) < 4.78 is 10.2. The summed E-state index contributed by atoms with van der Waals surface area (Å²) in [6, 6.07) is 7.03. The van der Waals surface area contributed by atoms with E-state index in [9.17, 15) is 4.79 Å². The van der Waals surface area contributed by atoms with Gasteiger partial charge in [-0.25, -0.2) is 4.79 Å². The van der Waals surface area contributed by atoms with E-state index in [1.807, 2.05) is 38.1 Å². The number of ether oxygens (including phenoxy) is 2. The second kappa shape index (κ2) is 6.91. The maximum Gasteiger partial charge on any atom is 0.327 e. The number of carbonyl (C=O) groups excluding carboxylic acids is 1. The van der Waals surface area contributed by atoms with Gasteiger partial charge in [-0.1, -0.05) is 19.1 Å². The lowest BCUT2D eigenvalue weighted by Gasteiger charge is -2.16. The second-order valence-corrected chi connectivity index (χ2v) is 3.52. The molecule has 17 heavy (non-hydrogen) atoms. The summed E-state index contributed by atoms with van der Waals surface area (Å²) in [5.41, 5.74) is 0.852. The van der Waals surface area contributed by atoms with E-state index in [2.05, 4.69) is 5.32 Å². The Labute approximate surface area is 102 Å². The van der Waals surface area contributed by atoms with E-state index in [4.69, 9.17) is 9.47 Å². The maximum atomic E-state index is 11.6. The molecule has 4 nitrogen and oxygen atoms in total.